The molecule has 4 heteroatoms. The molecule has 1 saturated carbocycles. The lowest BCUT2D eigenvalue weighted by atomic mass is 9.97. The van der Waals surface area contributed by atoms with Crippen molar-refractivity contribution >= 4 is 0 Å². The van der Waals surface area contributed by atoms with Crippen LogP contribution in [0.25, 0.3) is 0 Å². The summed E-state index contributed by atoms with van der Waals surface area (Å²) in [7, 11) is 0. The number of ether oxygens (including phenoxy) is 1. The number of hydrogen-bond donors (Lipinski definition) is 1. The second-order valence-electron chi connectivity index (χ2n) is 4.92. The SMILES string of the molecule is Cc1ccnc(OCC2CCCC2CN)c1C#N. The van der Waals surface area contributed by atoms with Crippen LogP contribution in [0.2, 0.25) is 0 Å². The highest BCUT2D eigenvalue weighted by molar-refractivity contribution is 5.43. The quantitative estimate of drug-likeness (QED) is 0.880. The van der Waals surface area contributed by atoms with Crippen LogP contribution < -0.4 is 10.5 Å². The van der Waals surface area contributed by atoms with Gasteiger partial charge in [0.05, 0.1) is 6.61 Å². The van der Waals surface area contributed by atoms with Crippen molar-refractivity contribution in [1.82, 2.24) is 4.98 Å². The molecule has 2 atom stereocenters. The topological polar surface area (TPSA) is 71.9 Å². The fourth-order valence-electron chi connectivity index (χ4n) is 2.61. The van der Waals surface area contributed by atoms with E-state index in [0.717, 1.165) is 18.5 Å². The van der Waals surface area contributed by atoms with Crippen LogP contribution in [-0.4, -0.2) is 18.1 Å². The van der Waals surface area contributed by atoms with Crippen LogP contribution in [0, 0.1) is 30.1 Å². The van der Waals surface area contributed by atoms with Crippen molar-refractivity contribution in [3.63, 3.8) is 0 Å². The van der Waals surface area contributed by atoms with E-state index < -0.39 is 0 Å². The van der Waals surface area contributed by atoms with Gasteiger partial charge in [-0.1, -0.05) is 6.42 Å². The fraction of sp³-hybridized carbons (Fsp3) is 0.571. The predicted molar refractivity (Wildman–Crippen MR) is 69.1 cm³/mol. The molecule has 1 fully saturated rings. The molecule has 2 unspecified atom stereocenters. The first kappa shape index (κ1) is 12.8. The van der Waals surface area contributed by atoms with Crippen LogP contribution in [0.1, 0.15) is 30.4 Å². The largest absolute Gasteiger partial charge is 0.476 e. The van der Waals surface area contributed by atoms with E-state index >= 15 is 0 Å². The molecule has 0 aromatic carbocycles. The molecule has 1 heterocycles. The Kier molecular flexibility index (Phi) is 4.16. The second-order valence-corrected chi connectivity index (χ2v) is 4.92. The maximum Gasteiger partial charge on any atom is 0.231 e. The number of hydrogen-bond acceptors (Lipinski definition) is 4. The number of nitrogens with two attached hydrogens (primary N) is 1. The molecule has 1 aromatic rings. The molecular weight excluding hydrogens is 226 g/mol. The first-order valence-electron chi connectivity index (χ1n) is 6.44. The van der Waals surface area contributed by atoms with Gasteiger partial charge in [-0.05, 0) is 49.8 Å². The minimum Gasteiger partial charge on any atom is -0.476 e. The molecular formula is C14H19N3O. The minimum absolute atomic E-state index is 0.458. The van der Waals surface area contributed by atoms with Crippen LogP contribution in [0.4, 0.5) is 0 Å². The maximum atomic E-state index is 9.10. The Balaban J connectivity index is 2.02. The molecule has 1 aliphatic carbocycles. The van der Waals surface area contributed by atoms with Crippen LogP contribution in [0.5, 0.6) is 5.88 Å². The lowest BCUT2D eigenvalue weighted by Crippen LogP contribution is -2.23. The molecule has 0 radical (unpaired) electrons. The fourth-order valence-corrected chi connectivity index (χ4v) is 2.61. The van der Waals surface area contributed by atoms with Gasteiger partial charge in [0.2, 0.25) is 5.88 Å². The van der Waals surface area contributed by atoms with Crippen molar-refractivity contribution in [1.29, 1.82) is 5.26 Å². The number of nitrogens with zero attached hydrogens (tertiary/aromatic N) is 2. The summed E-state index contributed by atoms with van der Waals surface area (Å²) < 4.78 is 5.74. The van der Waals surface area contributed by atoms with E-state index in [1.54, 1.807) is 6.20 Å². The van der Waals surface area contributed by atoms with E-state index in [1.165, 1.54) is 12.8 Å². The summed E-state index contributed by atoms with van der Waals surface area (Å²) in [5.74, 6) is 1.52. The summed E-state index contributed by atoms with van der Waals surface area (Å²) in [6, 6.07) is 3.98. The molecule has 4 nitrogen and oxygen atoms in total. The molecule has 0 aliphatic heterocycles. The Morgan fingerprint density at radius 2 is 2.28 bits per heavy atom. The average molecular weight is 245 g/mol. The Morgan fingerprint density at radius 1 is 1.50 bits per heavy atom. The Morgan fingerprint density at radius 3 is 3.00 bits per heavy atom. The third-order valence-corrected chi connectivity index (χ3v) is 3.79. The molecule has 0 saturated heterocycles. The van der Waals surface area contributed by atoms with Gasteiger partial charge in [-0.3, -0.25) is 0 Å². The van der Waals surface area contributed by atoms with Gasteiger partial charge < -0.3 is 10.5 Å². The van der Waals surface area contributed by atoms with Gasteiger partial charge in [0.1, 0.15) is 11.6 Å². The third kappa shape index (κ3) is 2.62. The summed E-state index contributed by atoms with van der Waals surface area (Å²) in [5, 5.41) is 9.10. The monoisotopic (exact) mass is 245 g/mol. The van der Waals surface area contributed by atoms with E-state index in [0.29, 0.717) is 29.9 Å². The molecule has 1 aliphatic rings. The lowest BCUT2D eigenvalue weighted by Gasteiger charge is -2.18. The number of rotatable bonds is 4. The number of pyridine rings is 1. The lowest BCUT2D eigenvalue weighted by molar-refractivity contribution is 0.210. The van der Waals surface area contributed by atoms with Crippen LogP contribution >= 0.6 is 0 Å². The van der Waals surface area contributed by atoms with Crippen LogP contribution in [0.3, 0.4) is 0 Å². The molecule has 2 rings (SSSR count). The van der Waals surface area contributed by atoms with Gasteiger partial charge in [0.15, 0.2) is 0 Å². The zero-order chi connectivity index (χ0) is 13.0. The minimum atomic E-state index is 0.458. The van der Waals surface area contributed by atoms with E-state index in [4.69, 9.17) is 15.7 Å². The van der Waals surface area contributed by atoms with Gasteiger partial charge in [0, 0.05) is 6.20 Å². The molecule has 0 amide bonds. The predicted octanol–water partition coefficient (Wildman–Crippen LogP) is 2.02. The number of nitriles is 1. The summed E-state index contributed by atoms with van der Waals surface area (Å²) in [4.78, 5) is 4.15. The Labute approximate surface area is 108 Å². The van der Waals surface area contributed by atoms with Crippen LogP contribution in [-0.2, 0) is 0 Å². The van der Waals surface area contributed by atoms with E-state index in [-0.39, 0.29) is 0 Å². The summed E-state index contributed by atoms with van der Waals surface area (Å²) >= 11 is 0. The normalized spacial score (nSPS) is 22.7. The van der Waals surface area contributed by atoms with Gasteiger partial charge in [0.25, 0.3) is 0 Å². The number of aryl methyl sites for hydroxylation is 1. The number of aromatic nitrogens is 1. The molecule has 1 aromatic heterocycles. The van der Waals surface area contributed by atoms with Gasteiger partial charge in [-0.15, -0.1) is 0 Å². The van der Waals surface area contributed by atoms with E-state index in [2.05, 4.69) is 11.1 Å². The summed E-state index contributed by atoms with van der Waals surface area (Å²) in [6.45, 7) is 3.23. The zero-order valence-electron chi connectivity index (χ0n) is 10.7. The average Bonchev–Trinajstić information content (AvgIpc) is 2.83. The highest BCUT2D eigenvalue weighted by atomic mass is 16.5. The second kappa shape index (κ2) is 5.83. The van der Waals surface area contributed by atoms with Crippen molar-refractivity contribution in [2.24, 2.45) is 17.6 Å². The zero-order valence-corrected chi connectivity index (χ0v) is 10.7. The Bertz CT molecular complexity index is 453. The molecule has 0 bridgehead atoms. The maximum absolute atomic E-state index is 9.10. The summed E-state index contributed by atoms with van der Waals surface area (Å²) in [6.07, 6.45) is 5.26. The first-order chi connectivity index (χ1) is 8.76. The van der Waals surface area contributed by atoms with Crippen molar-refractivity contribution in [2.45, 2.75) is 26.2 Å². The third-order valence-electron chi connectivity index (χ3n) is 3.79. The highest BCUT2D eigenvalue weighted by Crippen LogP contribution is 2.31. The smallest absolute Gasteiger partial charge is 0.231 e. The molecule has 96 valence electrons. The molecule has 0 spiro atoms. The van der Waals surface area contributed by atoms with Gasteiger partial charge in [-0.25, -0.2) is 4.98 Å². The van der Waals surface area contributed by atoms with Crippen LogP contribution in [0.15, 0.2) is 12.3 Å². The standard InChI is InChI=1S/C14H19N3O/c1-10-5-6-17-14(13(10)8-16)18-9-12-4-2-3-11(12)7-15/h5-6,11-12H,2-4,7,9,15H2,1H3. The van der Waals surface area contributed by atoms with Crippen molar-refractivity contribution in [3.05, 3.63) is 23.4 Å². The Hall–Kier alpha value is -1.60. The van der Waals surface area contributed by atoms with E-state index in [9.17, 15) is 0 Å². The van der Waals surface area contributed by atoms with Crippen molar-refractivity contribution in [2.75, 3.05) is 13.2 Å². The van der Waals surface area contributed by atoms with Gasteiger partial charge >= 0.3 is 0 Å². The summed E-state index contributed by atoms with van der Waals surface area (Å²) in [5.41, 5.74) is 7.20. The first-order valence-corrected chi connectivity index (χ1v) is 6.44. The highest BCUT2D eigenvalue weighted by Gasteiger charge is 2.27. The van der Waals surface area contributed by atoms with Gasteiger partial charge in [-0.2, -0.15) is 5.26 Å². The molecule has 2 N–H and O–H groups in total. The van der Waals surface area contributed by atoms with Crippen molar-refractivity contribution in [3.8, 4) is 11.9 Å². The van der Waals surface area contributed by atoms with E-state index in [1.807, 2.05) is 13.0 Å². The molecule has 18 heavy (non-hydrogen) atoms. The van der Waals surface area contributed by atoms with Crippen molar-refractivity contribution < 1.29 is 4.74 Å².